The van der Waals surface area contributed by atoms with Crippen molar-refractivity contribution in [1.29, 1.82) is 0 Å². The highest BCUT2D eigenvalue weighted by atomic mass is 16.2. The lowest BCUT2D eigenvalue weighted by Crippen LogP contribution is -2.31. The molecule has 9 heteroatoms. The lowest BCUT2D eigenvalue weighted by atomic mass is 10.1. The summed E-state index contributed by atoms with van der Waals surface area (Å²) in [5, 5.41) is 4.36. The minimum Gasteiger partial charge on any atom is -0.382 e. The standard InChI is InChI=1S/C20H20N8O/c1-27(9-7-21)20(29)13-5-6-15(24-10-13)14-11-25-19-17(16-4-2-3-8-23-16)18(22)26-28(19)12-14/h2-6,8,10-12H,7,9,21H2,1H3,(H2,22,26). The number of amides is 1. The number of nitrogens with zero attached hydrogens (tertiary/aromatic N) is 6. The van der Waals surface area contributed by atoms with Gasteiger partial charge in [-0.3, -0.25) is 14.8 Å². The van der Waals surface area contributed by atoms with Crippen LogP contribution in [0.3, 0.4) is 0 Å². The van der Waals surface area contributed by atoms with Crippen molar-refractivity contribution >= 4 is 17.4 Å². The van der Waals surface area contributed by atoms with Crippen LogP contribution in [-0.2, 0) is 0 Å². The molecule has 4 aromatic heterocycles. The van der Waals surface area contributed by atoms with Crippen molar-refractivity contribution in [2.45, 2.75) is 0 Å². The Bertz CT molecular complexity index is 1150. The predicted octanol–water partition coefficient (Wildman–Crippen LogP) is 1.47. The number of carbonyl (C=O) groups excluding carboxylic acids is 1. The maximum atomic E-state index is 12.3. The molecular weight excluding hydrogens is 368 g/mol. The molecule has 0 atom stereocenters. The second-order valence-electron chi connectivity index (χ2n) is 6.53. The number of likely N-dealkylation sites (N-methyl/N-ethyl adjacent to an activating group) is 1. The third-order valence-corrected chi connectivity index (χ3v) is 4.54. The van der Waals surface area contributed by atoms with Crippen molar-refractivity contribution < 1.29 is 4.79 Å². The fraction of sp³-hybridized carbons (Fsp3) is 0.150. The number of anilines is 1. The van der Waals surface area contributed by atoms with Crippen LogP contribution < -0.4 is 11.5 Å². The van der Waals surface area contributed by atoms with Gasteiger partial charge >= 0.3 is 0 Å². The number of nitrogens with two attached hydrogens (primary N) is 2. The molecule has 0 bridgehead atoms. The summed E-state index contributed by atoms with van der Waals surface area (Å²) in [6.07, 6.45) is 6.75. The first-order valence-corrected chi connectivity index (χ1v) is 9.05. The van der Waals surface area contributed by atoms with E-state index in [1.165, 1.54) is 0 Å². The number of rotatable bonds is 5. The molecule has 4 aromatic rings. The van der Waals surface area contributed by atoms with E-state index >= 15 is 0 Å². The normalized spacial score (nSPS) is 11.0. The summed E-state index contributed by atoms with van der Waals surface area (Å²) in [6, 6.07) is 9.10. The smallest absolute Gasteiger partial charge is 0.255 e. The molecule has 1 amide bonds. The van der Waals surface area contributed by atoms with Gasteiger partial charge in [-0.1, -0.05) is 6.07 Å². The van der Waals surface area contributed by atoms with Crippen LogP contribution >= 0.6 is 0 Å². The van der Waals surface area contributed by atoms with E-state index in [0.29, 0.717) is 47.1 Å². The van der Waals surface area contributed by atoms with E-state index in [-0.39, 0.29) is 5.91 Å². The molecule has 0 spiro atoms. The van der Waals surface area contributed by atoms with Crippen molar-refractivity contribution in [1.82, 2.24) is 29.5 Å². The SMILES string of the molecule is CN(CCN)C(=O)c1ccc(-c2cnc3c(-c4ccccn4)c(N)nn3c2)nc1. The third-order valence-electron chi connectivity index (χ3n) is 4.54. The van der Waals surface area contributed by atoms with E-state index in [0.717, 1.165) is 5.56 Å². The van der Waals surface area contributed by atoms with E-state index in [2.05, 4.69) is 20.1 Å². The van der Waals surface area contributed by atoms with Gasteiger partial charge in [0.05, 0.1) is 22.5 Å². The number of fused-ring (bicyclic) bond motifs is 1. The summed E-state index contributed by atoms with van der Waals surface area (Å²) in [7, 11) is 1.71. The second-order valence-corrected chi connectivity index (χ2v) is 6.53. The first-order valence-electron chi connectivity index (χ1n) is 9.05. The number of hydrogen-bond acceptors (Lipinski definition) is 7. The molecule has 0 saturated carbocycles. The van der Waals surface area contributed by atoms with Crippen LogP contribution in [0.4, 0.5) is 5.82 Å². The van der Waals surface area contributed by atoms with Gasteiger partial charge in [-0.05, 0) is 24.3 Å². The topological polar surface area (TPSA) is 128 Å². The molecular formula is C20H20N8O. The zero-order valence-electron chi connectivity index (χ0n) is 15.9. The van der Waals surface area contributed by atoms with Crippen molar-refractivity contribution in [2.24, 2.45) is 5.73 Å². The van der Waals surface area contributed by atoms with Crippen LogP contribution in [0.1, 0.15) is 10.4 Å². The van der Waals surface area contributed by atoms with Crippen molar-refractivity contribution in [2.75, 3.05) is 25.9 Å². The third kappa shape index (κ3) is 3.50. The van der Waals surface area contributed by atoms with Gasteiger partial charge in [0.1, 0.15) is 0 Å². The number of pyridine rings is 2. The van der Waals surface area contributed by atoms with Gasteiger partial charge in [0.2, 0.25) is 0 Å². The minimum absolute atomic E-state index is 0.122. The van der Waals surface area contributed by atoms with E-state index in [9.17, 15) is 4.79 Å². The molecule has 4 rings (SSSR count). The van der Waals surface area contributed by atoms with Crippen LogP contribution in [0.25, 0.3) is 28.2 Å². The van der Waals surface area contributed by atoms with Gasteiger partial charge in [0, 0.05) is 50.5 Å². The maximum Gasteiger partial charge on any atom is 0.255 e. The van der Waals surface area contributed by atoms with E-state index < -0.39 is 0 Å². The Morgan fingerprint density at radius 3 is 2.66 bits per heavy atom. The fourth-order valence-corrected chi connectivity index (χ4v) is 3.05. The number of carbonyl (C=O) groups is 1. The van der Waals surface area contributed by atoms with Gasteiger partial charge < -0.3 is 16.4 Å². The van der Waals surface area contributed by atoms with E-state index in [1.807, 2.05) is 18.2 Å². The Balaban J connectivity index is 1.66. The molecule has 4 heterocycles. The van der Waals surface area contributed by atoms with Crippen LogP contribution in [0, 0.1) is 0 Å². The van der Waals surface area contributed by atoms with Gasteiger partial charge in [-0.15, -0.1) is 5.10 Å². The second kappa shape index (κ2) is 7.64. The predicted molar refractivity (Wildman–Crippen MR) is 110 cm³/mol. The number of hydrogen-bond donors (Lipinski definition) is 2. The maximum absolute atomic E-state index is 12.3. The van der Waals surface area contributed by atoms with Crippen molar-refractivity contribution in [3.63, 3.8) is 0 Å². The molecule has 0 unspecified atom stereocenters. The Morgan fingerprint density at radius 1 is 1.10 bits per heavy atom. The summed E-state index contributed by atoms with van der Waals surface area (Å²) in [5.74, 6) is 0.230. The Morgan fingerprint density at radius 2 is 1.97 bits per heavy atom. The van der Waals surface area contributed by atoms with E-state index in [1.54, 1.807) is 53.4 Å². The Kier molecular flexibility index (Phi) is 4.88. The lowest BCUT2D eigenvalue weighted by Gasteiger charge is -2.15. The molecule has 0 aliphatic carbocycles. The molecule has 0 aliphatic rings. The Labute approximate surface area is 167 Å². The first kappa shape index (κ1) is 18.5. The van der Waals surface area contributed by atoms with Gasteiger partial charge in [0.25, 0.3) is 5.91 Å². The van der Waals surface area contributed by atoms with Crippen molar-refractivity contribution in [3.8, 4) is 22.5 Å². The number of nitrogen functional groups attached to an aromatic ring is 1. The zero-order chi connectivity index (χ0) is 20.4. The average molecular weight is 388 g/mol. The minimum atomic E-state index is -0.122. The van der Waals surface area contributed by atoms with Crippen LogP contribution in [0.2, 0.25) is 0 Å². The average Bonchev–Trinajstić information content (AvgIpc) is 3.09. The summed E-state index contributed by atoms with van der Waals surface area (Å²) in [6.45, 7) is 0.896. The summed E-state index contributed by atoms with van der Waals surface area (Å²) in [4.78, 5) is 27.1. The fourth-order valence-electron chi connectivity index (χ4n) is 3.05. The summed E-state index contributed by atoms with van der Waals surface area (Å²) in [5.41, 5.74) is 15.5. The van der Waals surface area contributed by atoms with Crippen LogP contribution in [-0.4, -0.2) is 55.5 Å². The quantitative estimate of drug-likeness (QED) is 0.530. The molecule has 0 radical (unpaired) electrons. The van der Waals surface area contributed by atoms with Gasteiger partial charge in [0.15, 0.2) is 11.5 Å². The van der Waals surface area contributed by atoms with Crippen molar-refractivity contribution in [3.05, 3.63) is 60.7 Å². The van der Waals surface area contributed by atoms with E-state index in [4.69, 9.17) is 11.5 Å². The molecule has 0 aliphatic heterocycles. The largest absolute Gasteiger partial charge is 0.382 e. The summed E-state index contributed by atoms with van der Waals surface area (Å²) >= 11 is 0. The lowest BCUT2D eigenvalue weighted by molar-refractivity contribution is 0.0798. The molecule has 9 nitrogen and oxygen atoms in total. The monoisotopic (exact) mass is 388 g/mol. The molecule has 0 fully saturated rings. The van der Waals surface area contributed by atoms with Crippen LogP contribution in [0.15, 0.2) is 55.1 Å². The molecule has 0 saturated heterocycles. The highest BCUT2D eigenvalue weighted by molar-refractivity contribution is 5.94. The van der Waals surface area contributed by atoms with Gasteiger partial charge in [-0.2, -0.15) is 0 Å². The molecule has 146 valence electrons. The molecule has 29 heavy (non-hydrogen) atoms. The first-order chi connectivity index (χ1) is 14.1. The molecule has 0 aromatic carbocycles. The zero-order valence-corrected chi connectivity index (χ0v) is 15.9. The Hall–Kier alpha value is -3.85. The highest BCUT2D eigenvalue weighted by Gasteiger charge is 2.16. The van der Waals surface area contributed by atoms with Crippen LogP contribution in [0.5, 0.6) is 0 Å². The highest BCUT2D eigenvalue weighted by Crippen LogP contribution is 2.28. The number of aromatic nitrogens is 5. The summed E-state index contributed by atoms with van der Waals surface area (Å²) < 4.78 is 1.62. The molecule has 4 N–H and O–H groups in total. The van der Waals surface area contributed by atoms with Gasteiger partial charge in [-0.25, -0.2) is 9.50 Å².